The van der Waals surface area contributed by atoms with Gasteiger partial charge in [0.05, 0.1) is 5.41 Å². The molecule has 4 nitrogen and oxygen atoms in total. The molecule has 1 aliphatic rings. The molecule has 0 aliphatic heterocycles. The molecule has 0 spiro atoms. The van der Waals surface area contributed by atoms with Gasteiger partial charge in [-0.25, -0.2) is 0 Å². The highest BCUT2D eigenvalue weighted by Gasteiger charge is 2.57. The van der Waals surface area contributed by atoms with Crippen LogP contribution in [0.3, 0.4) is 0 Å². The number of nitrogens with one attached hydrogen (secondary N) is 2. The van der Waals surface area contributed by atoms with Crippen molar-refractivity contribution < 1.29 is 9.59 Å². The normalized spacial score (nSPS) is 24.0. The highest BCUT2D eigenvalue weighted by molar-refractivity contribution is 5.98. The Balaban J connectivity index is 1.76. The van der Waals surface area contributed by atoms with Crippen LogP contribution >= 0.6 is 0 Å². The van der Waals surface area contributed by atoms with Crippen molar-refractivity contribution in [3.63, 3.8) is 0 Å². The molecule has 0 bridgehead atoms. The minimum Gasteiger partial charge on any atom is -0.326 e. The molecule has 2 aromatic carbocycles. The zero-order valence-electron chi connectivity index (χ0n) is 15.6. The molecule has 1 aliphatic carbocycles. The summed E-state index contributed by atoms with van der Waals surface area (Å²) in [7, 11) is 0. The Morgan fingerprint density at radius 3 is 1.88 bits per heavy atom. The van der Waals surface area contributed by atoms with Crippen LogP contribution in [0.5, 0.6) is 0 Å². The van der Waals surface area contributed by atoms with E-state index in [-0.39, 0.29) is 17.7 Å². The zero-order valence-corrected chi connectivity index (χ0v) is 15.6. The third-order valence-corrected chi connectivity index (χ3v) is 6.12. The van der Waals surface area contributed by atoms with Crippen molar-refractivity contribution in [2.24, 2.45) is 16.7 Å². The van der Waals surface area contributed by atoms with Crippen LogP contribution < -0.4 is 10.6 Å². The molecule has 0 saturated heterocycles. The summed E-state index contributed by atoms with van der Waals surface area (Å²) in [5.74, 6) is -0.254. The van der Waals surface area contributed by atoms with Crippen LogP contribution in [0.15, 0.2) is 60.7 Å². The molecule has 1 saturated carbocycles. The summed E-state index contributed by atoms with van der Waals surface area (Å²) in [4.78, 5) is 25.9. The Hall–Kier alpha value is -2.62. The number of hydrogen-bond donors (Lipinski definition) is 2. The van der Waals surface area contributed by atoms with Gasteiger partial charge in [-0.3, -0.25) is 9.59 Å². The fourth-order valence-electron chi connectivity index (χ4n) is 3.91. The number of hydrogen-bond acceptors (Lipinski definition) is 2. The van der Waals surface area contributed by atoms with E-state index >= 15 is 0 Å². The van der Waals surface area contributed by atoms with Crippen molar-refractivity contribution in [3.8, 4) is 0 Å². The molecule has 0 aromatic heterocycles. The lowest BCUT2D eigenvalue weighted by atomic mass is 9.65. The van der Waals surface area contributed by atoms with Crippen LogP contribution in [0, 0.1) is 16.7 Å². The summed E-state index contributed by atoms with van der Waals surface area (Å²) in [6, 6.07) is 18.9. The summed E-state index contributed by atoms with van der Waals surface area (Å²) >= 11 is 0. The fraction of sp³-hybridized carbons (Fsp3) is 0.364. The predicted molar refractivity (Wildman–Crippen MR) is 105 cm³/mol. The second kappa shape index (κ2) is 6.94. The monoisotopic (exact) mass is 350 g/mol. The van der Waals surface area contributed by atoms with E-state index in [4.69, 9.17) is 0 Å². The third kappa shape index (κ3) is 3.24. The summed E-state index contributed by atoms with van der Waals surface area (Å²) in [6.07, 6.45) is 1.38. The summed E-state index contributed by atoms with van der Waals surface area (Å²) in [5, 5.41) is 6.01. The number of carbonyl (C=O) groups excluding carboxylic acids is 2. The van der Waals surface area contributed by atoms with Gasteiger partial charge in [-0.2, -0.15) is 0 Å². The molecule has 136 valence electrons. The van der Waals surface area contributed by atoms with Gasteiger partial charge >= 0.3 is 0 Å². The second-order valence-electron chi connectivity index (χ2n) is 7.82. The lowest BCUT2D eigenvalue weighted by Gasteiger charge is -2.39. The van der Waals surface area contributed by atoms with Crippen LogP contribution in [0.2, 0.25) is 0 Å². The van der Waals surface area contributed by atoms with E-state index in [1.54, 1.807) is 0 Å². The molecule has 0 heterocycles. The van der Waals surface area contributed by atoms with E-state index in [2.05, 4.69) is 10.6 Å². The van der Waals surface area contributed by atoms with E-state index in [1.165, 1.54) is 0 Å². The van der Waals surface area contributed by atoms with E-state index in [0.717, 1.165) is 11.4 Å². The fourth-order valence-corrected chi connectivity index (χ4v) is 3.91. The van der Waals surface area contributed by atoms with Gasteiger partial charge in [0, 0.05) is 17.3 Å². The largest absolute Gasteiger partial charge is 0.326 e. The molecule has 0 unspecified atom stereocenters. The molecule has 0 radical (unpaired) electrons. The van der Waals surface area contributed by atoms with Crippen molar-refractivity contribution in [1.29, 1.82) is 0 Å². The van der Waals surface area contributed by atoms with Crippen LogP contribution in [0.1, 0.15) is 33.6 Å². The van der Waals surface area contributed by atoms with Gasteiger partial charge in [0.2, 0.25) is 11.8 Å². The van der Waals surface area contributed by atoms with E-state index in [1.807, 2.05) is 81.4 Å². The van der Waals surface area contributed by atoms with E-state index in [9.17, 15) is 9.59 Å². The van der Waals surface area contributed by atoms with Gasteiger partial charge in [-0.1, -0.05) is 57.2 Å². The Kier molecular flexibility index (Phi) is 4.86. The van der Waals surface area contributed by atoms with Crippen molar-refractivity contribution >= 4 is 23.2 Å². The third-order valence-electron chi connectivity index (χ3n) is 6.12. The number of rotatable bonds is 4. The molecule has 2 N–H and O–H groups in total. The Labute approximate surface area is 155 Å². The molecular formula is C22H26N2O2. The zero-order chi connectivity index (χ0) is 18.8. The topological polar surface area (TPSA) is 58.2 Å². The number of amides is 2. The van der Waals surface area contributed by atoms with Crippen LogP contribution in [0.25, 0.3) is 0 Å². The Bertz CT molecular complexity index is 786. The molecular weight excluding hydrogens is 324 g/mol. The molecule has 3 rings (SSSR count). The van der Waals surface area contributed by atoms with Crippen molar-refractivity contribution in [3.05, 3.63) is 60.7 Å². The average Bonchev–Trinajstić information content (AvgIpc) is 2.87. The molecule has 4 heteroatoms. The molecule has 1 fully saturated rings. The van der Waals surface area contributed by atoms with Gasteiger partial charge in [0.15, 0.2) is 0 Å². The minimum atomic E-state index is -0.610. The summed E-state index contributed by atoms with van der Waals surface area (Å²) in [5.41, 5.74) is 0.508. The molecule has 26 heavy (non-hydrogen) atoms. The summed E-state index contributed by atoms with van der Waals surface area (Å²) < 4.78 is 0. The second-order valence-corrected chi connectivity index (χ2v) is 7.82. The molecule has 2 aromatic rings. The maximum atomic E-state index is 13.0. The standard InChI is InChI=1S/C22H26N2O2/c1-21(2)18(19(25)23-16-10-6-4-7-11-16)14-15-22(21,3)20(26)24-17-12-8-5-9-13-17/h4-13,18H,14-15H2,1-3H3,(H,23,25)(H,24,26)/t18-,22-/m1/s1. The van der Waals surface area contributed by atoms with Gasteiger partial charge in [0.25, 0.3) is 0 Å². The minimum absolute atomic E-state index is 0.0163. The van der Waals surface area contributed by atoms with Crippen molar-refractivity contribution in [1.82, 2.24) is 0 Å². The highest BCUT2D eigenvalue weighted by atomic mass is 16.2. The smallest absolute Gasteiger partial charge is 0.230 e. The van der Waals surface area contributed by atoms with Gasteiger partial charge in [0.1, 0.15) is 0 Å². The number of anilines is 2. The van der Waals surface area contributed by atoms with Crippen molar-refractivity contribution in [2.45, 2.75) is 33.6 Å². The van der Waals surface area contributed by atoms with Crippen LogP contribution in [0.4, 0.5) is 11.4 Å². The highest BCUT2D eigenvalue weighted by Crippen LogP contribution is 2.56. The number of carbonyl (C=O) groups is 2. The van der Waals surface area contributed by atoms with Crippen LogP contribution in [-0.4, -0.2) is 11.8 Å². The maximum absolute atomic E-state index is 13.0. The lowest BCUT2D eigenvalue weighted by molar-refractivity contribution is -0.133. The maximum Gasteiger partial charge on any atom is 0.230 e. The molecule has 2 amide bonds. The number of para-hydroxylation sites is 2. The van der Waals surface area contributed by atoms with Crippen molar-refractivity contribution in [2.75, 3.05) is 10.6 Å². The first-order chi connectivity index (χ1) is 12.3. The number of benzene rings is 2. The SMILES string of the molecule is CC1(C)[C@@H](C(=O)Nc2ccccc2)CC[C@]1(C)C(=O)Nc1ccccc1. The lowest BCUT2D eigenvalue weighted by Crippen LogP contribution is -2.46. The van der Waals surface area contributed by atoms with Gasteiger partial charge < -0.3 is 10.6 Å². The Morgan fingerprint density at radius 2 is 1.35 bits per heavy atom. The van der Waals surface area contributed by atoms with Gasteiger partial charge in [-0.05, 0) is 42.5 Å². The van der Waals surface area contributed by atoms with E-state index in [0.29, 0.717) is 12.8 Å². The summed E-state index contributed by atoms with van der Waals surface area (Å²) in [6.45, 7) is 6.03. The average molecular weight is 350 g/mol. The van der Waals surface area contributed by atoms with E-state index < -0.39 is 10.8 Å². The molecule has 2 atom stereocenters. The first-order valence-corrected chi connectivity index (χ1v) is 9.07. The van der Waals surface area contributed by atoms with Crippen LogP contribution in [-0.2, 0) is 9.59 Å². The van der Waals surface area contributed by atoms with Gasteiger partial charge in [-0.15, -0.1) is 0 Å². The predicted octanol–water partition coefficient (Wildman–Crippen LogP) is 4.71. The Morgan fingerprint density at radius 1 is 0.846 bits per heavy atom. The first kappa shape index (κ1) is 18.2. The quantitative estimate of drug-likeness (QED) is 0.839. The first-order valence-electron chi connectivity index (χ1n) is 9.07.